The Hall–Kier alpha value is -2.86. The van der Waals surface area contributed by atoms with Crippen molar-refractivity contribution < 1.29 is 14.3 Å². The Morgan fingerprint density at radius 2 is 2.04 bits per heavy atom. The van der Waals surface area contributed by atoms with Crippen LogP contribution in [-0.4, -0.2) is 42.3 Å². The zero-order chi connectivity index (χ0) is 17.9. The first-order valence-electron chi connectivity index (χ1n) is 8.75. The maximum absolute atomic E-state index is 13.1. The maximum Gasteiger partial charge on any atom is 0.266 e. The maximum atomic E-state index is 13.1. The second-order valence-corrected chi connectivity index (χ2v) is 6.38. The fraction of sp³-hybridized carbons (Fsp3) is 0.300. The molecule has 0 saturated carbocycles. The summed E-state index contributed by atoms with van der Waals surface area (Å²) in [5, 5.41) is 0. The molecule has 4 rings (SSSR count). The van der Waals surface area contributed by atoms with E-state index in [1.54, 1.807) is 42.7 Å². The molecule has 0 unspecified atom stereocenters. The van der Waals surface area contributed by atoms with Gasteiger partial charge in [0, 0.05) is 24.6 Å². The van der Waals surface area contributed by atoms with E-state index in [-0.39, 0.29) is 17.9 Å². The van der Waals surface area contributed by atoms with Crippen LogP contribution in [0, 0.1) is 0 Å². The van der Waals surface area contributed by atoms with E-state index in [0.29, 0.717) is 23.5 Å². The topological polar surface area (TPSA) is 71.9 Å². The average Bonchev–Trinajstić information content (AvgIpc) is 3.19. The van der Waals surface area contributed by atoms with Gasteiger partial charge < -0.3 is 4.74 Å². The molecular formula is C20H19N3O3. The highest BCUT2D eigenvalue weighted by atomic mass is 16.5. The van der Waals surface area contributed by atoms with Crippen LogP contribution in [0.1, 0.15) is 34.7 Å². The van der Waals surface area contributed by atoms with Gasteiger partial charge in [-0.15, -0.1) is 0 Å². The van der Waals surface area contributed by atoms with E-state index in [1.807, 2.05) is 12.1 Å². The van der Waals surface area contributed by atoms with Gasteiger partial charge in [0.1, 0.15) is 5.82 Å². The van der Waals surface area contributed by atoms with Crippen LogP contribution in [-0.2, 0) is 9.53 Å². The van der Waals surface area contributed by atoms with Crippen molar-refractivity contribution in [1.82, 2.24) is 4.98 Å². The second-order valence-electron chi connectivity index (χ2n) is 6.38. The van der Waals surface area contributed by atoms with Gasteiger partial charge in [0.15, 0.2) is 0 Å². The number of amides is 2. The average molecular weight is 349 g/mol. The first kappa shape index (κ1) is 16.6. The molecule has 1 aromatic carbocycles. The highest BCUT2D eigenvalue weighted by Gasteiger charge is 2.39. The molecule has 6 nitrogen and oxygen atoms in total. The molecule has 3 heterocycles. The number of carbonyl (C=O) groups excluding carboxylic acids is 2. The van der Waals surface area contributed by atoms with Crippen LogP contribution < -0.4 is 4.90 Å². The normalized spacial score (nSPS) is 22.8. The Kier molecular flexibility index (Phi) is 4.58. The molecule has 6 heteroatoms. The Bertz CT molecular complexity index is 844. The van der Waals surface area contributed by atoms with Crippen molar-refractivity contribution in [2.24, 2.45) is 4.99 Å². The Morgan fingerprint density at radius 3 is 2.81 bits per heavy atom. The smallest absolute Gasteiger partial charge is 0.266 e. The molecular weight excluding hydrogens is 330 g/mol. The van der Waals surface area contributed by atoms with E-state index in [2.05, 4.69) is 9.98 Å². The number of pyridine rings is 1. The molecule has 2 aliphatic heterocycles. The van der Waals surface area contributed by atoms with E-state index < -0.39 is 5.92 Å². The molecule has 26 heavy (non-hydrogen) atoms. The van der Waals surface area contributed by atoms with Crippen LogP contribution in [0.5, 0.6) is 0 Å². The lowest BCUT2D eigenvalue weighted by Crippen LogP contribution is -2.46. The lowest BCUT2D eigenvalue weighted by Gasteiger charge is -2.30. The Balaban J connectivity index is 1.67. The predicted octanol–water partition coefficient (Wildman–Crippen LogP) is 2.60. The van der Waals surface area contributed by atoms with Crippen molar-refractivity contribution in [1.29, 1.82) is 0 Å². The van der Waals surface area contributed by atoms with E-state index in [9.17, 15) is 9.59 Å². The number of fused-ring (bicyclic) bond motifs is 1. The van der Waals surface area contributed by atoms with Gasteiger partial charge in [0.2, 0.25) is 5.91 Å². The summed E-state index contributed by atoms with van der Waals surface area (Å²) in [5.74, 6) is -0.960. The molecule has 2 aromatic rings. The standard InChI is InChI=1S/C20H19N3O3/c24-19-16-8-2-1-7-15(16)17(13-21-12-14-6-5-11-26-14)20(25)23(19)18-9-3-4-10-22-18/h1-4,7-10,13-14,17H,5-6,11-12H2/t14-,17+/m1/s1. The number of benzene rings is 1. The van der Waals surface area contributed by atoms with Crippen LogP contribution in [0.25, 0.3) is 0 Å². The predicted molar refractivity (Wildman–Crippen MR) is 97.6 cm³/mol. The SMILES string of the molecule is O=C1c2ccccc2[C@H](C=NC[C@H]2CCCO2)C(=O)N1c1ccccn1. The molecule has 132 valence electrons. The number of carbonyl (C=O) groups is 2. The quantitative estimate of drug-likeness (QED) is 0.628. The number of rotatable bonds is 4. The van der Waals surface area contributed by atoms with Crippen molar-refractivity contribution in [3.8, 4) is 0 Å². The number of aromatic nitrogens is 1. The molecule has 2 amide bonds. The third kappa shape index (κ3) is 3.04. The number of imide groups is 1. The minimum Gasteiger partial charge on any atom is -0.376 e. The lowest BCUT2D eigenvalue weighted by atomic mass is 9.89. The third-order valence-electron chi connectivity index (χ3n) is 4.68. The van der Waals surface area contributed by atoms with Gasteiger partial charge in [-0.1, -0.05) is 24.3 Å². The minimum atomic E-state index is -0.604. The third-order valence-corrected chi connectivity index (χ3v) is 4.68. The monoisotopic (exact) mass is 349 g/mol. The van der Waals surface area contributed by atoms with E-state index >= 15 is 0 Å². The Morgan fingerprint density at radius 1 is 1.19 bits per heavy atom. The zero-order valence-corrected chi connectivity index (χ0v) is 14.2. The van der Waals surface area contributed by atoms with Crippen molar-refractivity contribution in [2.45, 2.75) is 24.9 Å². The van der Waals surface area contributed by atoms with E-state index in [4.69, 9.17) is 4.74 Å². The van der Waals surface area contributed by atoms with Crippen LogP contribution in [0.4, 0.5) is 5.82 Å². The highest BCUT2D eigenvalue weighted by molar-refractivity contribution is 6.28. The van der Waals surface area contributed by atoms with E-state index in [1.165, 1.54) is 0 Å². The second kappa shape index (κ2) is 7.17. The fourth-order valence-electron chi connectivity index (χ4n) is 3.37. The van der Waals surface area contributed by atoms with Crippen molar-refractivity contribution in [2.75, 3.05) is 18.1 Å². The van der Waals surface area contributed by atoms with Crippen LogP contribution in [0.2, 0.25) is 0 Å². The van der Waals surface area contributed by atoms with E-state index in [0.717, 1.165) is 24.3 Å². The van der Waals surface area contributed by atoms with Crippen LogP contribution in [0.3, 0.4) is 0 Å². The molecule has 0 radical (unpaired) electrons. The summed E-state index contributed by atoms with van der Waals surface area (Å²) in [7, 11) is 0. The van der Waals surface area contributed by atoms with Gasteiger partial charge in [-0.05, 0) is 36.6 Å². The summed E-state index contributed by atoms with van der Waals surface area (Å²) >= 11 is 0. The summed E-state index contributed by atoms with van der Waals surface area (Å²) in [6.07, 6.45) is 5.37. The minimum absolute atomic E-state index is 0.119. The van der Waals surface area contributed by atoms with Gasteiger partial charge in [-0.3, -0.25) is 14.6 Å². The van der Waals surface area contributed by atoms with Gasteiger partial charge >= 0.3 is 0 Å². The van der Waals surface area contributed by atoms with Crippen molar-refractivity contribution in [3.05, 3.63) is 59.8 Å². The molecule has 0 spiro atoms. The van der Waals surface area contributed by atoms with Gasteiger partial charge in [0.25, 0.3) is 5.91 Å². The largest absolute Gasteiger partial charge is 0.376 e. The highest BCUT2D eigenvalue weighted by Crippen LogP contribution is 2.31. The molecule has 2 aliphatic rings. The number of ether oxygens (including phenoxy) is 1. The molecule has 0 aliphatic carbocycles. The van der Waals surface area contributed by atoms with Gasteiger partial charge in [-0.2, -0.15) is 0 Å². The molecule has 0 bridgehead atoms. The number of hydrogen-bond acceptors (Lipinski definition) is 5. The summed E-state index contributed by atoms with van der Waals surface area (Å²) in [5.41, 5.74) is 1.19. The molecule has 1 fully saturated rings. The zero-order valence-electron chi connectivity index (χ0n) is 14.2. The number of hydrogen-bond donors (Lipinski definition) is 0. The summed E-state index contributed by atoms with van der Waals surface area (Å²) in [6.45, 7) is 1.30. The van der Waals surface area contributed by atoms with Crippen molar-refractivity contribution in [3.63, 3.8) is 0 Å². The summed E-state index contributed by atoms with van der Waals surface area (Å²) in [6, 6.07) is 12.3. The lowest BCUT2D eigenvalue weighted by molar-refractivity contribution is -0.118. The number of aliphatic imine (C=N–C) groups is 1. The molecule has 2 atom stereocenters. The van der Waals surface area contributed by atoms with Crippen LogP contribution >= 0.6 is 0 Å². The number of nitrogens with zero attached hydrogens (tertiary/aromatic N) is 3. The molecule has 1 saturated heterocycles. The summed E-state index contributed by atoms with van der Waals surface area (Å²) in [4.78, 5) is 35.7. The first-order valence-corrected chi connectivity index (χ1v) is 8.75. The molecule has 1 aromatic heterocycles. The van der Waals surface area contributed by atoms with Crippen molar-refractivity contribution >= 4 is 23.8 Å². The van der Waals surface area contributed by atoms with Crippen LogP contribution in [0.15, 0.2) is 53.7 Å². The first-order chi connectivity index (χ1) is 12.8. The van der Waals surface area contributed by atoms with Gasteiger partial charge in [-0.25, -0.2) is 9.88 Å². The Labute approximate surface area is 151 Å². The summed E-state index contributed by atoms with van der Waals surface area (Å²) < 4.78 is 5.57. The molecule has 0 N–H and O–H groups in total. The number of anilines is 1. The van der Waals surface area contributed by atoms with Gasteiger partial charge in [0.05, 0.1) is 18.6 Å². The fourth-order valence-corrected chi connectivity index (χ4v) is 3.37.